The van der Waals surface area contributed by atoms with E-state index in [1.54, 1.807) is 0 Å². The summed E-state index contributed by atoms with van der Waals surface area (Å²) in [6.07, 6.45) is 47.5. The van der Waals surface area contributed by atoms with Crippen LogP contribution in [-0.4, -0.2) is 0 Å². The second-order valence-electron chi connectivity index (χ2n) is 8.92. The predicted octanol–water partition coefficient (Wildman–Crippen LogP) is 10.4. The topological polar surface area (TPSA) is 0 Å². The molecule has 0 saturated heterocycles. The maximum atomic E-state index is 2.32. The highest BCUT2D eigenvalue weighted by Crippen LogP contribution is 2.15. The van der Waals surface area contributed by atoms with Gasteiger partial charge in [-0.2, -0.15) is 0 Å². The Morgan fingerprint density at radius 1 is 0.207 bits per heavy atom. The van der Waals surface area contributed by atoms with Crippen LogP contribution in [0.1, 0.15) is 135 Å². The van der Waals surface area contributed by atoms with Crippen LogP contribution in [0.15, 0.2) is 48.6 Å². The second-order valence-corrected chi connectivity index (χ2v) is 8.92. The molecule has 166 valence electrons. The Bertz CT molecular complexity index is 383. The fourth-order valence-electron chi connectivity index (χ4n) is 4.14. The molecule has 0 atom stereocenters. The van der Waals surface area contributed by atoms with Gasteiger partial charge in [0.2, 0.25) is 0 Å². The molecule has 0 aromatic carbocycles. The first kappa shape index (κ1) is 26.0. The summed E-state index contributed by atoms with van der Waals surface area (Å²) < 4.78 is 0. The molecule has 0 unspecified atom stereocenters. The van der Waals surface area contributed by atoms with Gasteiger partial charge in [-0.1, -0.05) is 158 Å². The van der Waals surface area contributed by atoms with E-state index in [-0.39, 0.29) is 0 Å². The molecule has 0 aromatic heterocycles. The van der Waals surface area contributed by atoms with Gasteiger partial charge in [-0.05, 0) is 25.7 Å². The normalized spacial score (nSPS) is 21.8. The molecule has 0 nitrogen and oxygen atoms in total. The molecule has 0 heteroatoms. The minimum Gasteiger partial charge on any atom is -0.0845 e. The van der Waals surface area contributed by atoms with E-state index in [4.69, 9.17) is 0 Å². The molecule has 0 heterocycles. The van der Waals surface area contributed by atoms with Crippen LogP contribution in [-0.2, 0) is 0 Å². The first-order valence-electron chi connectivity index (χ1n) is 13.1. The van der Waals surface area contributed by atoms with E-state index in [0.717, 1.165) is 0 Å². The molecule has 1 aliphatic carbocycles. The molecule has 0 spiro atoms. The van der Waals surface area contributed by atoms with Gasteiger partial charge in [0, 0.05) is 0 Å². The zero-order chi connectivity index (χ0) is 20.5. The fourth-order valence-corrected chi connectivity index (χ4v) is 4.14. The smallest absolute Gasteiger partial charge is 0.0348 e. The van der Waals surface area contributed by atoms with Crippen molar-refractivity contribution in [3.05, 3.63) is 48.6 Å². The number of rotatable bonds is 0. The second kappa shape index (κ2) is 23.2. The molecule has 1 aliphatic rings. The average molecular weight is 399 g/mol. The molecule has 0 fully saturated rings. The van der Waals surface area contributed by atoms with Crippen molar-refractivity contribution in [2.24, 2.45) is 0 Å². The lowest BCUT2D eigenvalue weighted by Gasteiger charge is -2.04. The largest absolute Gasteiger partial charge is 0.0845 e. The van der Waals surface area contributed by atoms with Crippen molar-refractivity contribution in [3.63, 3.8) is 0 Å². The molecule has 0 saturated carbocycles. The van der Waals surface area contributed by atoms with Gasteiger partial charge in [-0.15, -0.1) is 0 Å². The van der Waals surface area contributed by atoms with Crippen molar-refractivity contribution in [1.29, 1.82) is 0 Å². The highest BCUT2D eigenvalue weighted by Gasteiger charge is 1.95. The summed E-state index contributed by atoms with van der Waals surface area (Å²) in [7, 11) is 0. The number of hydrogen-bond acceptors (Lipinski definition) is 0. The van der Waals surface area contributed by atoms with Crippen molar-refractivity contribution >= 4 is 0 Å². The van der Waals surface area contributed by atoms with Crippen LogP contribution in [0.4, 0.5) is 0 Å². The van der Waals surface area contributed by atoms with Gasteiger partial charge in [-0.25, -0.2) is 0 Å². The van der Waals surface area contributed by atoms with E-state index in [2.05, 4.69) is 48.6 Å². The summed E-state index contributed by atoms with van der Waals surface area (Å²) in [6.45, 7) is 0. The molecule has 0 aromatic rings. The minimum atomic E-state index is 1.23. The first-order valence-corrected chi connectivity index (χ1v) is 13.1. The zero-order valence-corrected chi connectivity index (χ0v) is 19.5. The monoisotopic (exact) mass is 398 g/mol. The third-order valence-electron chi connectivity index (χ3n) is 6.07. The van der Waals surface area contributed by atoms with Crippen LogP contribution in [0.2, 0.25) is 0 Å². The Labute approximate surface area is 183 Å². The van der Waals surface area contributed by atoms with Gasteiger partial charge < -0.3 is 0 Å². The first-order chi connectivity index (χ1) is 14.5. The molecule has 0 N–H and O–H groups in total. The van der Waals surface area contributed by atoms with Gasteiger partial charge in [0.25, 0.3) is 0 Å². The highest BCUT2D eigenvalue weighted by atomic mass is 14.0. The molecule has 29 heavy (non-hydrogen) atoms. The lowest BCUT2D eigenvalue weighted by Crippen LogP contribution is -1.84. The van der Waals surface area contributed by atoms with E-state index >= 15 is 0 Å². The predicted molar refractivity (Wildman–Crippen MR) is 134 cm³/mol. The van der Waals surface area contributed by atoms with Gasteiger partial charge >= 0.3 is 0 Å². The van der Waals surface area contributed by atoms with Gasteiger partial charge in [0.05, 0.1) is 0 Å². The lowest BCUT2D eigenvalue weighted by molar-refractivity contribution is 0.522. The van der Waals surface area contributed by atoms with Gasteiger partial charge in [0.15, 0.2) is 0 Å². The zero-order valence-electron chi connectivity index (χ0n) is 19.5. The van der Waals surface area contributed by atoms with E-state index in [1.165, 1.54) is 135 Å². The Morgan fingerprint density at radius 2 is 0.414 bits per heavy atom. The van der Waals surface area contributed by atoms with Crippen molar-refractivity contribution in [2.75, 3.05) is 0 Å². The molecule has 1 rings (SSSR count). The maximum Gasteiger partial charge on any atom is -0.0348 e. The van der Waals surface area contributed by atoms with E-state index in [1.807, 2.05) is 0 Å². The lowest BCUT2D eigenvalue weighted by atomic mass is 10.0. The van der Waals surface area contributed by atoms with Crippen LogP contribution in [0.25, 0.3) is 0 Å². The summed E-state index contributed by atoms with van der Waals surface area (Å²) in [6, 6.07) is 0. The number of hydrogen-bond donors (Lipinski definition) is 0. The third-order valence-corrected chi connectivity index (χ3v) is 6.07. The summed E-state index contributed by atoms with van der Waals surface area (Å²) in [5.41, 5.74) is 0. The van der Waals surface area contributed by atoms with Crippen LogP contribution in [0, 0.1) is 0 Å². The molecule has 0 radical (unpaired) electrons. The van der Waals surface area contributed by atoms with Crippen LogP contribution in [0.3, 0.4) is 0 Å². The molecular formula is C29H50. The van der Waals surface area contributed by atoms with Crippen LogP contribution in [0.5, 0.6) is 0 Å². The molecule has 0 bridgehead atoms. The molecule has 0 amide bonds. The van der Waals surface area contributed by atoms with Gasteiger partial charge in [0.1, 0.15) is 0 Å². The average Bonchev–Trinajstić information content (AvgIpc) is 2.73. The van der Waals surface area contributed by atoms with E-state index < -0.39 is 0 Å². The Hall–Kier alpha value is -1.04. The summed E-state index contributed by atoms with van der Waals surface area (Å²) >= 11 is 0. The van der Waals surface area contributed by atoms with Crippen molar-refractivity contribution < 1.29 is 0 Å². The Balaban J connectivity index is 2.16. The highest BCUT2D eigenvalue weighted by molar-refractivity contribution is 5.15. The Morgan fingerprint density at radius 3 is 0.690 bits per heavy atom. The standard InChI is InChI=1S/C29H50/c1-2-4-6-8-10-12-14-16-18-20-22-24-26-28-29-27-25-23-21-19-17-15-13-11-9-7-5-3-1/h1-8H,9-29H2. The quantitative estimate of drug-likeness (QED) is 0.380. The van der Waals surface area contributed by atoms with Gasteiger partial charge in [-0.3, -0.25) is 0 Å². The van der Waals surface area contributed by atoms with Crippen molar-refractivity contribution in [3.8, 4) is 0 Å². The maximum absolute atomic E-state index is 2.32. The Kier molecular flexibility index (Phi) is 20.8. The van der Waals surface area contributed by atoms with Crippen LogP contribution >= 0.6 is 0 Å². The molecular weight excluding hydrogens is 348 g/mol. The van der Waals surface area contributed by atoms with E-state index in [9.17, 15) is 0 Å². The van der Waals surface area contributed by atoms with Crippen molar-refractivity contribution in [2.45, 2.75) is 135 Å². The molecule has 0 aliphatic heterocycles. The minimum absolute atomic E-state index is 1.23. The summed E-state index contributed by atoms with van der Waals surface area (Å²) in [4.78, 5) is 0. The number of allylic oxidation sites excluding steroid dienone is 8. The van der Waals surface area contributed by atoms with E-state index in [0.29, 0.717) is 0 Å². The SMILES string of the molecule is C1=CC=CCCCCCCCCCCCCCCCCCCCCCC=CC=C1. The third kappa shape index (κ3) is 21.5. The summed E-state index contributed by atoms with van der Waals surface area (Å²) in [5.74, 6) is 0. The van der Waals surface area contributed by atoms with Crippen LogP contribution < -0.4 is 0 Å². The van der Waals surface area contributed by atoms with Crippen molar-refractivity contribution in [1.82, 2.24) is 0 Å². The fraction of sp³-hybridized carbons (Fsp3) is 0.724. The summed E-state index contributed by atoms with van der Waals surface area (Å²) in [5, 5.41) is 0.